The molecule has 28 heavy (non-hydrogen) atoms. The molecule has 1 heterocycles. The van der Waals surface area contributed by atoms with Crippen LogP contribution in [0.5, 0.6) is 0 Å². The van der Waals surface area contributed by atoms with Gasteiger partial charge >= 0.3 is 0 Å². The number of carbonyl (C=O) groups excluding carboxylic acids is 1. The van der Waals surface area contributed by atoms with E-state index in [-0.39, 0.29) is 22.2 Å². The SMILES string of the molecule is C=C1CCN(C(=O)c2ccc(NS(=O)(=O)c3cccc([N+](=O)[O-])c3)cc2)CC1. The summed E-state index contributed by atoms with van der Waals surface area (Å²) in [5.41, 5.74) is 1.55. The lowest BCUT2D eigenvalue weighted by Crippen LogP contribution is -2.36. The van der Waals surface area contributed by atoms with Crippen molar-refractivity contribution in [3.8, 4) is 0 Å². The lowest BCUT2D eigenvalue weighted by Gasteiger charge is -2.28. The predicted octanol–water partition coefficient (Wildman–Crippen LogP) is 3.19. The second-order valence-corrected chi connectivity index (χ2v) is 8.16. The molecule has 0 unspecified atom stereocenters. The van der Waals surface area contributed by atoms with Crippen LogP contribution in [0.3, 0.4) is 0 Å². The van der Waals surface area contributed by atoms with Gasteiger partial charge < -0.3 is 4.90 Å². The summed E-state index contributed by atoms with van der Waals surface area (Å²) in [5, 5.41) is 10.8. The second kappa shape index (κ2) is 7.81. The summed E-state index contributed by atoms with van der Waals surface area (Å²) < 4.78 is 27.3. The number of likely N-dealkylation sites (tertiary alicyclic amines) is 1. The summed E-state index contributed by atoms with van der Waals surface area (Å²) in [6, 6.07) is 10.9. The van der Waals surface area contributed by atoms with Crippen LogP contribution in [0.2, 0.25) is 0 Å². The fraction of sp³-hybridized carbons (Fsp3) is 0.211. The third kappa shape index (κ3) is 4.37. The number of nitro benzene ring substituents is 1. The van der Waals surface area contributed by atoms with E-state index in [1.54, 1.807) is 17.0 Å². The van der Waals surface area contributed by atoms with E-state index in [1.165, 1.54) is 30.3 Å². The lowest BCUT2D eigenvalue weighted by atomic mass is 10.0. The molecule has 0 atom stereocenters. The molecule has 0 saturated carbocycles. The average molecular weight is 401 g/mol. The van der Waals surface area contributed by atoms with Crippen molar-refractivity contribution >= 4 is 27.3 Å². The van der Waals surface area contributed by atoms with Gasteiger partial charge in [-0.05, 0) is 43.2 Å². The molecule has 146 valence electrons. The van der Waals surface area contributed by atoms with Crippen LogP contribution < -0.4 is 4.72 Å². The number of benzene rings is 2. The Morgan fingerprint density at radius 2 is 1.75 bits per heavy atom. The number of hydrogen-bond acceptors (Lipinski definition) is 5. The van der Waals surface area contributed by atoms with Crippen LogP contribution in [0.1, 0.15) is 23.2 Å². The van der Waals surface area contributed by atoms with Crippen molar-refractivity contribution in [3.63, 3.8) is 0 Å². The number of hydrogen-bond donors (Lipinski definition) is 1. The van der Waals surface area contributed by atoms with Gasteiger partial charge in [0.2, 0.25) is 0 Å². The third-order valence-corrected chi connectivity index (χ3v) is 5.86. The van der Waals surface area contributed by atoms with Crippen molar-refractivity contribution in [2.24, 2.45) is 0 Å². The van der Waals surface area contributed by atoms with Gasteiger partial charge in [0.05, 0.1) is 9.82 Å². The molecule has 1 aliphatic rings. The first-order valence-electron chi connectivity index (χ1n) is 8.59. The monoisotopic (exact) mass is 401 g/mol. The number of sulfonamides is 1. The molecular weight excluding hydrogens is 382 g/mol. The van der Waals surface area contributed by atoms with Crippen molar-refractivity contribution < 1.29 is 18.1 Å². The molecule has 1 saturated heterocycles. The predicted molar refractivity (Wildman–Crippen MR) is 105 cm³/mol. The average Bonchev–Trinajstić information content (AvgIpc) is 2.68. The molecule has 0 spiro atoms. The Labute approximate surface area is 162 Å². The Morgan fingerprint density at radius 1 is 1.11 bits per heavy atom. The van der Waals surface area contributed by atoms with Crippen LogP contribution in [0.15, 0.2) is 65.6 Å². The van der Waals surface area contributed by atoms with Gasteiger partial charge in [0.1, 0.15) is 0 Å². The number of nitrogens with one attached hydrogen (secondary N) is 1. The summed E-state index contributed by atoms with van der Waals surface area (Å²) >= 11 is 0. The minimum absolute atomic E-state index is 0.111. The molecule has 1 N–H and O–H groups in total. The van der Waals surface area contributed by atoms with Gasteiger partial charge in [0.25, 0.3) is 21.6 Å². The first kappa shape index (κ1) is 19.6. The third-order valence-electron chi connectivity index (χ3n) is 4.48. The van der Waals surface area contributed by atoms with Gasteiger partial charge in [-0.3, -0.25) is 19.6 Å². The molecule has 0 bridgehead atoms. The maximum Gasteiger partial charge on any atom is 0.270 e. The highest BCUT2D eigenvalue weighted by molar-refractivity contribution is 7.92. The number of piperidine rings is 1. The molecule has 1 amide bonds. The van der Waals surface area contributed by atoms with E-state index in [2.05, 4.69) is 11.3 Å². The molecule has 2 aromatic carbocycles. The Balaban J connectivity index is 1.73. The minimum Gasteiger partial charge on any atom is -0.338 e. The van der Waals surface area contributed by atoms with E-state index in [0.29, 0.717) is 18.7 Å². The summed E-state index contributed by atoms with van der Waals surface area (Å²) in [4.78, 5) is 24.2. The Morgan fingerprint density at radius 3 is 2.36 bits per heavy atom. The van der Waals surface area contributed by atoms with E-state index >= 15 is 0 Å². The largest absolute Gasteiger partial charge is 0.338 e. The quantitative estimate of drug-likeness (QED) is 0.470. The number of non-ortho nitro benzene ring substituents is 1. The fourth-order valence-corrected chi connectivity index (χ4v) is 3.97. The second-order valence-electron chi connectivity index (χ2n) is 6.48. The van der Waals surface area contributed by atoms with Crippen molar-refractivity contribution in [2.75, 3.05) is 17.8 Å². The highest BCUT2D eigenvalue weighted by Gasteiger charge is 2.21. The zero-order valence-electron chi connectivity index (χ0n) is 15.0. The van der Waals surface area contributed by atoms with Gasteiger partial charge in [-0.25, -0.2) is 8.42 Å². The van der Waals surface area contributed by atoms with Gasteiger partial charge in [-0.1, -0.05) is 18.2 Å². The van der Waals surface area contributed by atoms with E-state index in [0.717, 1.165) is 24.5 Å². The zero-order valence-corrected chi connectivity index (χ0v) is 15.8. The van der Waals surface area contributed by atoms with Gasteiger partial charge in [0, 0.05) is 36.5 Å². The van der Waals surface area contributed by atoms with Crippen LogP contribution >= 0.6 is 0 Å². The number of carbonyl (C=O) groups is 1. The molecule has 1 fully saturated rings. The molecule has 2 aromatic rings. The number of anilines is 1. The summed E-state index contributed by atoms with van der Waals surface area (Å²) in [5.74, 6) is -0.111. The number of nitrogens with zero attached hydrogens (tertiary/aromatic N) is 2. The van der Waals surface area contributed by atoms with Crippen LogP contribution in [-0.2, 0) is 10.0 Å². The first-order valence-corrected chi connectivity index (χ1v) is 10.1. The topological polar surface area (TPSA) is 110 Å². The molecule has 3 rings (SSSR count). The highest BCUT2D eigenvalue weighted by atomic mass is 32.2. The van der Waals surface area contributed by atoms with Gasteiger partial charge in [0.15, 0.2) is 0 Å². The Kier molecular flexibility index (Phi) is 5.46. The van der Waals surface area contributed by atoms with Crippen LogP contribution in [0, 0.1) is 10.1 Å². The number of nitro groups is 1. The Bertz CT molecular complexity index is 1020. The van der Waals surface area contributed by atoms with E-state index in [9.17, 15) is 23.3 Å². The van der Waals surface area contributed by atoms with Crippen molar-refractivity contribution in [2.45, 2.75) is 17.7 Å². The standard InChI is InChI=1S/C19H19N3O5S/c1-14-9-11-21(12-10-14)19(23)15-5-7-16(8-6-15)20-28(26,27)18-4-2-3-17(13-18)22(24)25/h2-8,13,20H,1,9-12H2. The highest BCUT2D eigenvalue weighted by Crippen LogP contribution is 2.22. The molecule has 8 nitrogen and oxygen atoms in total. The van der Waals surface area contributed by atoms with Crippen molar-refractivity contribution in [1.82, 2.24) is 4.90 Å². The van der Waals surface area contributed by atoms with Crippen molar-refractivity contribution in [3.05, 3.63) is 76.4 Å². The first-order chi connectivity index (χ1) is 13.3. The van der Waals surface area contributed by atoms with Crippen molar-refractivity contribution in [1.29, 1.82) is 0 Å². The maximum absolute atomic E-state index is 12.5. The number of rotatable bonds is 5. The van der Waals surface area contributed by atoms with Crippen LogP contribution in [-0.4, -0.2) is 37.2 Å². The Hall–Kier alpha value is -3.20. The van der Waals surface area contributed by atoms with E-state index in [1.807, 2.05) is 0 Å². The summed E-state index contributed by atoms with van der Waals surface area (Å²) in [7, 11) is -3.99. The molecule has 9 heteroatoms. The minimum atomic E-state index is -3.99. The lowest BCUT2D eigenvalue weighted by molar-refractivity contribution is -0.385. The van der Waals surface area contributed by atoms with Crippen LogP contribution in [0.25, 0.3) is 0 Å². The fourth-order valence-electron chi connectivity index (χ4n) is 2.87. The summed E-state index contributed by atoms with van der Waals surface area (Å²) in [6.45, 7) is 5.17. The maximum atomic E-state index is 12.5. The smallest absolute Gasteiger partial charge is 0.270 e. The summed E-state index contributed by atoms with van der Waals surface area (Å²) in [6.07, 6.45) is 1.57. The molecule has 0 aromatic heterocycles. The van der Waals surface area contributed by atoms with E-state index < -0.39 is 14.9 Å². The number of amides is 1. The van der Waals surface area contributed by atoms with Crippen LogP contribution in [0.4, 0.5) is 11.4 Å². The van der Waals surface area contributed by atoms with Gasteiger partial charge in [-0.2, -0.15) is 0 Å². The normalized spacial score (nSPS) is 14.6. The van der Waals surface area contributed by atoms with Gasteiger partial charge in [-0.15, -0.1) is 0 Å². The van der Waals surface area contributed by atoms with E-state index in [4.69, 9.17) is 0 Å². The molecular formula is C19H19N3O5S. The molecule has 0 aliphatic carbocycles. The molecule has 0 radical (unpaired) electrons. The molecule has 1 aliphatic heterocycles. The zero-order chi connectivity index (χ0) is 20.3.